The van der Waals surface area contributed by atoms with E-state index in [2.05, 4.69) is 30.8 Å². The first-order valence-corrected chi connectivity index (χ1v) is 13.0. The predicted octanol–water partition coefficient (Wildman–Crippen LogP) is 6.78. The molecule has 0 aliphatic rings. The van der Waals surface area contributed by atoms with Gasteiger partial charge in [0, 0.05) is 5.56 Å². The number of fused-ring (bicyclic) bond motifs is 1. The third-order valence-corrected chi connectivity index (χ3v) is 6.75. The average molecular weight is 521 g/mol. The van der Waals surface area contributed by atoms with Gasteiger partial charge in [0.1, 0.15) is 12.4 Å². The Morgan fingerprint density at radius 1 is 1.08 bits per heavy atom. The van der Waals surface area contributed by atoms with E-state index < -0.39 is 23.9 Å². The lowest BCUT2D eigenvalue weighted by Gasteiger charge is -2.33. The molecular weight excluding hydrogens is 483 g/mol. The number of hydrogen-bond acceptors (Lipinski definition) is 5. The monoisotopic (exact) mass is 520 g/mol. The minimum atomic E-state index is -0.815. The van der Waals surface area contributed by atoms with Crippen molar-refractivity contribution >= 4 is 23.0 Å². The number of halogens is 1. The summed E-state index contributed by atoms with van der Waals surface area (Å²) in [5, 5.41) is 1.17. The number of carbonyl (C=O) groups is 2. The maximum Gasteiger partial charge on any atom is 0.426 e. The van der Waals surface area contributed by atoms with Crippen LogP contribution in [-0.4, -0.2) is 39.6 Å². The Hall–Kier alpha value is -3.81. The topological polar surface area (TPSA) is 84.4 Å². The fraction of sp³-hybridized carbons (Fsp3) is 0.400. The normalized spacial score (nSPS) is 12.7. The van der Waals surface area contributed by atoms with E-state index in [-0.39, 0.29) is 23.7 Å². The summed E-state index contributed by atoms with van der Waals surface area (Å²) in [4.78, 5) is 35.5. The van der Waals surface area contributed by atoms with E-state index in [0.717, 1.165) is 23.9 Å². The lowest BCUT2D eigenvalue weighted by Crippen LogP contribution is -2.53. The van der Waals surface area contributed by atoms with Crippen molar-refractivity contribution in [2.24, 2.45) is 11.8 Å². The maximum atomic E-state index is 16.0. The molecule has 0 aliphatic heterocycles. The van der Waals surface area contributed by atoms with E-state index in [1.54, 1.807) is 19.1 Å². The largest absolute Gasteiger partial charge is 0.444 e. The first kappa shape index (κ1) is 28.8. The summed E-state index contributed by atoms with van der Waals surface area (Å²) in [5.41, 5.74) is 5.73. The van der Waals surface area contributed by atoms with Gasteiger partial charge in [0.05, 0.1) is 34.0 Å². The smallest absolute Gasteiger partial charge is 0.426 e. The molecule has 0 saturated heterocycles. The fourth-order valence-corrected chi connectivity index (χ4v) is 4.27. The highest BCUT2D eigenvalue weighted by Gasteiger charge is 2.30. The highest BCUT2D eigenvalue weighted by atomic mass is 19.1. The number of hydrazine groups is 1. The van der Waals surface area contributed by atoms with Crippen LogP contribution < -0.4 is 5.43 Å². The van der Waals surface area contributed by atoms with E-state index in [1.165, 1.54) is 17.2 Å². The maximum absolute atomic E-state index is 16.0. The summed E-state index contributed by atoms with van der Waals surface area (Å²) in [7, 11) is 0. The number of hydrogen-bond donors (Lipinski definition) is 1. The van der Waals surface area contributed by atoms with Crippen LogP contribution in [0.4, 0.5) is 9.18 Å². The quantitative estimate of drug-likeness (QED) is 0.248. The molecule has 1 aromatic heterocycles. The van der Waals surface area contributed by atoms with Crippen LogP contribution in [0.25, 0.3) is 22.3 Å². The number of carbonyl (C=O) groups excluding carboxylic acids is 2. The van der Waals surface area contributed by atoms with E-state index in [9.17, 15) is 9.59 Å². The van der Waals surface area contributed by atoms with Crippen molar-refractivity contribution in [3.05, 3.63) is 71.7 Å². The van der Waals surface area contributed by atoms with Crippen molar-refractivity contribution in [3.8, 4) is 11.3 Å². The minimum absolute atomic E-state index is 0.0195. The van der Waals surface area contributed by atoms with E-state index in [4.69, 9.17) is 9.72 Å². The number of rotatable bonds is 9. The third-order valence-electron chi connectivity index (χ3n) is 6.75. The zero-order chi connectivity index (χ0) is 28.0. The number of benzene rings is 2. The number of para-hydroxylation sites is 1. The lowest BCUT2D eigenvalue weighted by molar-refractivity contribution is 0.0432. The van der Waals surface area contributed by atoms with Crippen LogP contribution in [0, 0.1) is 31.5 Å². The summed E-state index contributed by atoms with van der Waals surface area (Å²) in [5.74, 6) is -0.880. The number of aryl methyl sites for hydroxylation is 2. The van der Waals surface area contributed by atoms with Crippen molar-refractivity contribution in [1.82, 2.24) is 20.4 Å². The Labute approximate surface area is 224 Å². The molecule has 8 heteroatoms. The van der Waals surface area contributed by atoms with Gasteiger partial charge in [0.2, 0.25) is 0 Å². The van der Waals surface area contributed by atoms with Crippen LogP contribution in [0.15, 0.2) is 49.1 Å². The van der Waals surface area contributed by atoms with E-state index >= 15 is 4.39 Å². The molecule has 3 aromatic rings. The number of amides is 2. The average Bonchev–Trinajstić information content (AvgIpc) is 2.88. The SMILES string of the molecule is C=CCOC(=O)NN(C(=O)c1cccc(-c2nc3c(C)cccc3nc2C)c1F)C(C)C(C)CCC(C)C. The second kappa shape index (κ2) is 12.6. The second-order valence-electron chi connectivity index (χ2n) is 10.1. The zero-order valence-electron chi connectivity index (χ0n) is 23.0. The molecule has 2 atom stereocenters. The lowest BCUT2D eigenvalue weighted by atomic mass is 9.93. The van der Waals surface area contributed by atoms with Crippen molar-refractivity contribution in [2.45, 2.75) is 60.4 Å². The molecule has 0 spiro atoms. The Balaban J connectivity index is 2.02. The van der Waals surface area contributed by atoms with E-state index in [1.807, 2.05) is 39.0 Å². The number of ether oxygens (including phenoxy) is 1. The molecule has 2 unspecified atom stereocenters. The van der Waals surface area contributed by atoms with Gasteiger partial charge >= 0.3 is 6.09 Å². The molecule has 2 aromatic carbocycles. The molecule has 0 bridgehead atoms. The molecular formula is C30H37FN4O3. The first-order chi connectivity index (χ1) is 18.0. The van der Waals surface area contributed by atoms with Crippen LogP contribution in [0.1, 0.15) is 62.2 Å². The molecule has 3 rings (SSSR count). The van der Waals surface area contributed by atoms with Crippen LogP contribution >= 0.6 is 0 Å². The van der Waals surface area contributed by atoms with Gasteiger partial charge in [-0.05, 0) is 62.8 Å². The molecule has 2 amide bonds. The van der Waals surface area contributed by atoms with Gasteiger partial charge in [-0.2, -0.15) is 0 Å². The van der Waals surface area contributed by atoms with Crippen molar-refractivity contribution in [1.29, 1.82) is 0 Å². The van der Waals surface area contributed by atoms with E-state index in [0.29, 0.717) is 22.8 Å². The van der Waals surface area contributed by atoms with Gasteiger partial charge in [-0.3, -0.25) is 4.79 Å². The first-order valence-electron chi connectivity index (χ1n) is 13.0. The summed E-state index contributed by atoms with van der Waals surface area (Å²) in [6, 6.07) is 9.85. The van der Waals surface area contributed by atoms with Gasteiger partial charge < -0.3 is 4.74 Å². The van der Waals surface area contributed by atoms with Gasteiger partial charge in [-0.1, -0.05) is 58.0 Å². The molecule has 1 N–H and O–H groups in total. The number of aromatic nitrogens is 2. The summed E-state index contributed by atoms with van der Waals surface area (Å²) in [6.45, 7) is 15.3. The van der Waals surface area contributed by atoms with Gasteiger partial charge in [-0.15, -0.1) is 0 Å². The van der Waals surface area contributed by atoms with Gasteiger partial charge in [0.15, 0.2) is 0 Å². The fourth-order valence-electron chi connectivity index (χ4n) is 4.27. The standard InChI is InChI=1S/C30H37FN4O3/c1-8-17-38-30(37)34-35(22(7)19(4)16-15-18(2)3)29(36)24-13-10-12-23(26(24)31)28-21(6)32-25-14-9-11-20(5)27(25)33-28/h8-14,18-19,22H,1,15-17H2,2-7H3,(H,34,37). The third kappa shape index (κ3) is 6.54. The van der Waals surface area contributed by atoms with Crippen LogP contribution in [0.5, 0.6) is 0 Å². The molecule has 202 valence electrons. The minimum Gasteiger partial charge on any atom is -0.444 e. The van der Waals surface area contributed by atoms with Crippen LogP contribution in [0.3, 0.4) is 0 Å². The predicted molar refractivity (Wildman–Crippen MR) is 148 cm³/mol. The Morgan fingerprint density at radius 3 is 2.47 bits per heavy atom. The summed E-state index contributed by atoms with van der Waals surface area (Å²) in [6.07, 6.45) is 2.40. The van der Waals surface area contributed by atoms with Crippen molar-refractivity contribution in [3.63, 3.8) is 0 Å². The highest BCUT2D eigenvalue weighted by Crippen LogP contribution is 2.29. The Kier molecular flexibility index (Phi) is 9.55. The van der Waals surface area contributed by atoms with Gasteiger partial charge in [0.25, 0.3) is 5.91 Å². The zero-order valence-corrected chi connectivity index (χ0v) is 23.0. The Bertz CT molecular complexity index is 1320. The van der Waals surface area contributed by atoms with Crippen molar-refractivity contribution in [2.75, 3.05) is 6.61 Å². The number of nitrogens with zero attached hydrogens (tertiary/aromatic N) is 3. The summed E-state index contributed by atoms with van der Waals surface area (Å²) >= 11 is 0. The molecule has 0 fully saturated rings. The van der Waals surface area contributed by atoms with Gasteiger partial charge in [-0.25, -0.2) is 29.6 Å². The Morgan fingerprint density at radius 2 is 1.79 bits per heavy atom. The highest BCUT2D eigenvalue weighted by molar-refractivity contribution is 5.97. The summed E-state index contributed by atoms with van der Waals surface area (Å²) < 4.78 is 21.1. The molecule has 0 saturated carbocycles. The second-order valence-corrected chi connectivity index (χ2v) is 10.1. The molecule has 7 nitrogen and oxygen atoms in total. The van der Waals surface area contributed by atoms with Crippen molar-refractivity contribution < 1.29 is 18.7 Å². The van der Waals surface area contributed by atoms with Crippen LogP contribution in [0.2, 0.25) is 0 Å². The molecule has 0 aliphatic carbocycles. The molecule has 38 heavy (non-hydrogen) atoms. The molecule has 1 heterocycles. The number of nitrogens with one attached hydrogen (secondary N) is 1. The van der Waals surface area contributed by atoms with Crippen LogP contribution in [-0.2, 0) is 4.74 Å². The molecule has 0 radical (unpaired) electrons.